The lowest BCUT2D eigenvalue weighted by Gasteiger charge is -2.26. The number of benzene rings is 1. The van der Waals surface area contributed by atoms with E-state index < -0.39 is 17.6 Å². The fourth-order valence-electron chi connectivity index (χ4n) is 1.20. The summed E-state index contributed by atoms with van der Waals surface area (Å²) in [7, 11) is 0. The predicted octanol–water partition coefficient (Wildman–Crippen LogP) is 1.33. The summed E-state index contributed by atoms with van der Waals surface area (Å²) in [5.41, 5.74) is 3.77. The molecule has 0 fully saturated rings. The van der Waals surface area contributed by atoms with E-state index in [4.69, 9.17) is 5.73 Å². The molecule has 14 heavy (non-hydrogen) atoms. The summed E-state index contributed by atoms with van der Waals surface area (Å²) in [5, 5.41) is 9.77. The van der Waals surface area contributed by atoms with E-state index in [-0.39, 0.29) is 6.54 Å². The second-order valence-corrected chi connectivity index (χ2v) is 3.36. The highest BCUT2D eigenvalue weighted by atomic mass is 19.1. The molecule has 0 amide bonds. The Labute approximate surface area is 81.4 Å². The second kappa shape index (κ2) is 4.02. The maximum atomic E-state index is 13.2. The van der Waals surface area contributed by atoms with E-state index >= 15 is 0 Å². The van der Waals surface area contributed by atoms with Gasteiger partial charge in [-0.15, -0.1) is 0 Å². The van der Waals surface area contributed by atoms with Crippen LogP contribution in [0, 0.1) is 5.82 Å². The summed E-state index contributed by atoms with van der Waals surface area (Å²) in [4.78, 5) is 0. The molecule has 78 valence electrons. The topological polar surface area (TPSA) is 46.2 Å². The predicted molar refractivity (Wildman–Crippen MR) is 49.9 cm³/mol. The monoisotopic (exact) mass is 201 g/mol. The third kappa shape index (κ3) is 2.08. The van der Waals surface area contributed by atoms with E-state index in [1.165, 1.54) is 31.2 Å². The molecular weight excluding hydrogens is 188 g/mol. The normalized spacial score (nSPS) is 17.5. The van der Waals surface area contributed by atoms with Crippen molar-refractivity contribution < 1.29 is 13.9 Å². The van der Waals surface area contributed by atoms with Gasteiger partial charge in [0.15, 0.2) is 0 Å². The minimum Gasteiger partial charge on any atom is -0.382 e. The molecule has 0 aromatic heterocycles. The molecule has 3 N–H and O–H groups in total. The Morgan fingerprint density at radius 1 is 1.43 bits per heavy atom. The Kier molecular flexibility index (Phi) is 3.18. The van der Waals surface area contributed by atoms with Gasteiger partial charge in [0.1, 0.15) is 17.6 Å². The van der Waals surface area contributed by atoms with Crippen LogP contribution in [0.25, 0.3) is 0 Å². The lowest BCUT2D eigenvalue weighted by molar-refractivity contribution is -0.0201. The van der Waals surface area contributed by atoms with Crippen molar-refractivity contribution in [1.29, 1.82) is 0 Å². The van der Waals surface area contributed by atoms with Crippen LogP contribution >= 0.6 is 0 Å². The molecule has 0 bridgehead atoms. The third-order valence-electron chi connectivity index (χ3n) is 2.25. The summed E-state index contributed by atoms with van der Waals surface area (Å²) in [5.74, 6) is -0.423. The average Bonchev–Trinajstić information content (AvgIpc) is 2.17. The lowest BCUT2D eigenvalue weighted by Crippen LogP contribution is -2.38. The van der Waals surface area contributed by atoms with Gasteiger partial charge in [0.2, 0.25) is 0 Å². The molecule has 2 atom stereocenters. The average molecular weight is 201 g/mol. The molecule has 1 aromatic rings. The van der Waals surface area contributed by atoms with Crippen molar-refractivity contribution in [2.24, 2.45) is 5.73 Å². The summed E-state index contributed by atoms with van der Waals surface area (Å²) >= 11 is 0. The Balaban J connectivity index is 2.97. The van der Waals surface area contributed by atoms with Crippen molar-refractivity contribution >= 4 is 0 Å². The van der Waals surface area contributed by atoms with Gasteiger partial charge in [-0.05, 0) is 24.6 Å². The molecule has 4 heteroatoms. The van der Waals surface area contributed by atoms with Gasteiger partial charge in [-0.3, -0.25) is 0 Å². The van der Waals surface area contributed by atoms with E-state index in [0.29, 0.717) is 5.56 Å². The summed E-state index contributed by atoms with van der Waals surface area (Å²) in [6.07, 6.45) is -1.56. The Morgan fingerprint density at radius 3 is 2.36 bits per heavy atom. The largest absolute Gasteiger partial charge is 0.382 e. The van der Waals surface area contributed by atoms with Crippen molar-refractivity contribution in [1.82, 2.24) is 0 Å². The SMILES string of the molecule is C[C@@](O)(c1ccc(F)cc1)[C@@H](F)CN. The van der Waals surface area contributed by atoms with Crippen LogP contribution < -0.4 is 5.73 Å². The summed E-state index contributed by atoms with van der Waals surface area (Å²) < 4.78 is 25.8. The van der Waals surface area contributed by atoms with Crippen molar-refractivity contribution in [3.63, 3.8) is 0 Å². The van der Waals surface area contributed by atoms with Gasteiger partial charge in [0.05, 0.1) is 0 Å². The minimum absolute atomic E-state index is 0.273. The van der Waals surface area contributed by atoms with Crippen molar-refractivity contribution in [3.8, 4) is 0 Å². The molecule has 0 aliphatic carbocycles. The first kappa shape index (κ1) is 11.1. The number of rotatable bonds is 3. The maximum Gasteiger partial charge on any atom is 0.145 e. The van der Waals surface area contributed by atoms with Crippen molar-refractivity contribution in [2.45, 2.75) is 18.7 Å². The van der Waals surface area contributed by atoms with Gasteiger partial charge in [-0.25, -0.2) is 8.78 Å². The molecule has 0 radical (unpaired) electrons. The fourth-order valence-corrected chi connectivity index (χ4v) is 1.20. The van der Waals surface area contributed by atoms with E-state index in [9.17, 15) is 13.9 Å². The highest BCUT2D eigenvalue weighted by Crippen LogP contribution is 2.26. The van der Waals surface area contributed by atoms with Crippen LogP contribution in [0.4, 0.5) is 8.78 Å². The number of halogens is 2. The van der Waals surface area contributed by atoms with E-state index in [0.717, 1.165) is 0 Å². The van der Waals surface area contributed by atoms with Crippen molar-refractivity contribution in [3.05, 3.63) is 35.6 Å². The molecule has 0 spiro atoms. The zero-order valence-electron chi connectivity index (χ0n) is 7.87. The van der Waals surface area contributed by atoms with Gasteiger partial charge in [-0.2, -0.15) is 0 Å². The first-order chi connectivity index (χ1) is 6.48. The van der Waals surface area contributed by atoms with Crippen LogP contribution in [0.2, 0.25) is 0 Å². The van der Waals surface area contributed by atoms with E-state index in [1.54, 1.807) is 0 Å². The van der Waals surface area contributed by atoms with Gasteiger partial charge >= 0.3 is 0 Å². The number of hydrogen-bond acceptors (Lipinski definition) is 2. The molecule has 0 aliphatic heterocycles. The molecule has 0 aliphatic rings. The number of nitrogens with two attached hydrogens (primary N) is 1. The number of hydrogen-bond donors (Lipinski definition) is 2. The van der Waals surface area contributed by atoms with Crippen molar-refractivity contribution in [2.75, 3.05) is 6.54 Å². The summed E-state index contributed by atoms with van der Waals surface area (Å²) in [6.45, 7) is 1.04. The van der Waals surface area contributed by atoms with Crippen LogP contribution in [0.5, 0.6) is 0 Å². The first-order valence-corrected chi connectivity index (χ1v) is 4.31. The molecule has 1 aromatic carbocycles. The van der Waals surface area contributed by atoms with E-state index in [2.05, 4.69) is 0 Å². The molecule has 0 saturated carbocycles. The third-order valence-corrected chi connectivity index (χ3v) is 2.25. The molecule has 2 nitrogen and oxygen atoms in total. The van der Waals surface area contributed by atoms with Gasteiger partial charge < -0.3 is 10.8 Å². The zero-order valence-corrected chi connectivity index (χ0v) is 7.87. The molecular formula is C10H13F2NO. The molecule has 0 saturated heterocycles. The first-order valence-electron chi connectivity index (χ1n) is 4.31. The van der Waals surface area contributed by atoms with Crippen LogP contribution in [0.1, 0.15) is 12.5 Å². The molecule has 0 heterocycles. The smallest absolute Gasteiger partial charge is 0.145 e. The maximum absolute atomic E-state index is 13.2. The zero-order chi connectivity index (χ0) is 10.8. The minimum atomic E-state index is -1.66. The Morgan fingerprint density at radius 2 is 1.93 bits per heavy atom. The van der Waals surface area contributed by atoms with Gasteiger partial charge in [0.25, 0.3) is 0 Å². The standard InChI is InChI=1S/C10H13F2NO/c1-10(14,9(12)6-13)7-2-4-8(11)5-3-7/h2-5,9,14H,6,13H2,1H3/t9-,10+/m0/s1. The van der Waals surface area contributed by atoms with Gasteiger partial charge in [-0.1, -0.05) is 12.1 Å². The fraction of sp³-hybridized carbons (Fsp3) is 0.400. The van der Waals surface area contributed by atoms with Gasteiger partial charge in [0, 0.05) is 6.54 Å². The highest BCUT2D eigenvalue weighted by molar-refractivity contribution is 5.23. The van der Waals surface area contributed by atoms with Crippen LogP contribution in [0.3, 0.4) is 0 Å². The van der Waals surface area contributed by atoms with Crippen LogP contribution in [-0.2, 0) is 5.60 Å². The number of aliphatic hydroxyl groups is 1. The number of alkyl halides is 1. The molecule has 0 unspecified atom stereocenters. The van der Waals surface area contributed by atoms with E-state index in [1.807, 2.05) is 0 Å². The Hall–Kier alpha value is -1.00. The quantitative estimate of drug-likeness (QED) is 0.775. The highest BCUT2D eigenvalue weighted by Gasteiger charge is 2.32. The van der Waals surface area contributed by atoms with Crippen LogP contribution in [-0.4, -0.2) is 17.8 Å². The summed E-state index contributed by atoms with van der Waals surface area (Å²) in [6, 6.07) is 5.04. The lowest BCUT2D eigenvalue weighted by atomic mass is 9.91. The Bertz CT molecular complexity index is 297. The molecule has 1 rings (SSSR count). The van der Waals surface area contributed by atoms with Crippen LogP contribution in [0.15, 0.2) is 24.3 Å². The second-order valence-electron chi connectivity index (χ2n) is 3.36.